The maximum Gasteiger partial charge on any atom is 0.451 e. The molecule has 2 atom stereocenters. The number of benzene rings is 3. The van der Waals surface area contributed by atoms with Crippen LogP contribution < -0.4 is 10.3 Å². The van der Waals surface area contributed by atoms with Crippen molar-refractivity contribution in [2.75, 3.05) is 18.7 Å². The van der Waals surface area contributed by atoms with Crippen molar-refractivity contribution in [2.24, 2.45) is 5.10 Å². The molecule has 3 aromatic carbocycles. The number of alkyl halides is 3. The zero-order chi connectivity index (χ0) is 29.9. The number of methoxy groups -OCH3 is 1. The number of hydrogen-bond acceptors (Lipinski definition) is 7. The predicted molar refractivity (Wildman–Crippen MR) is 150 cm³/mol. The summed E-state index contributed by atoms with van der Waals surface area (Å²) in [6.45, 7) is 0.0790. The number of amides is 1. The summed E-state index contributed by atoms with van der Waals surface area (Å²) in [6, 6.07) is 23.3. The molecule has 0 saturated carbocycles. The fraction of sp³-hybridized carbons (Fsp3) is 0.167. The van der Waals surface area contributed by atoms with Crippen LogP contribution in [-0.2, 0) is 15.7 Å². The summed E-state index contributed by atoms with van der Waals surface area (Å²) in [5, 5.41) is 8.96. The van der Waals surface area contributed by atoms with Crippen molar-refractivity contribution in [1.82, 2.24) is 15.3 Å². The molecule has 42 heavy (non-hydrogen) atoms. The Morgan fingerprint density at radius 3 is 2.26 bits per heavy atom. The summed E-state index contributed by atoms with van der Waals surface area (Å²) in [4.78, 5) is 33.3. The number of ether oxygens (including phenoxy) is 1. The molecular weight excluding hydrogens is 571 g/mol. The van der Waals surface area contributed by atoms with E-state index in [1.807, 2.05) is 30.3 Å². The summed E-state index contributed by atoms with van der Waals surface area (Å²) in [7, 11) is 1.16. The van der Waals surface area contributed by atoms with Gasteiger partial charge in [0.05, 0.1) is 19.4 Å². The van der Waals surface area contributed by atoms with Gasteiger partial charge >= 0.3 is 12.1 Å². The highest BCUT2D eigenvalue weighted by Crippen LogP contribution is 2.35. The first-order valence-corrected chi connectivity index (χ1v) is 13.1. The smallest absolute Gasteiger partial charge is 0.451 e. The first-order chi connectivity index (χ1) is 20.2. The van der Waals surface area contributed by atoms with Crippen molar-refractivity contribution in [3.05, 3.63) is 124 Å². The molecule has 2 heterocycles. The van der Waals surface area contributed by atoms with E-state index in [1.54, 1.807) is 54.6 Å². The van der Waals surface area contributed by atoms with Crippen LogP contribution in [0.3, 0.4) is 0 Å². The molecule has 0 bridgehead atoms. The first-order valence-electron chi connectivity index (χ1n) is 12.7. The fourth-order valence-electron chi connectivity index (χ4n) is 4.58. The Morgan fingerprint density at radius 1 is 1.00 bits per heavy atom. The van der Waals surface area contributed by atoms with Crippen molar-refractivity contribution >= 4 is 35.0 Å². The second-order valence-electron chi connectivity index (χ2n) is 9.31. The Labute approximate surface area is 243 Å². The van der Waals surface area contributed by atoms with Gasteiger partial charge in [0, 0.05) is 17.1 Å². The highest BCUT2D eigenvalue weighted by Gasteiger charge is 2.39. The standard InChI is InChI=1S/C30H23ClF3N5O3/c1-42-28(41)25(19-10-6-3-7-11-19)36-27(40)22-16-35-29(30(32,33)34)37-26(22)39-17-23(18-8-4-2-5-9-18)24(38-39)20-12-14-21(31)15-13-20/h2-16,23,25H,17H2,1H3,(H,36,40)/t23-,25-/m0/s1. The molecule has 4 aromatic rings. The number of hydrazone groups is 1. The van der Waals surface area contributed by atoms with E-state index in [2.05, 4.69) is 20.4 Å². The summed E-state index contributed by atoms with van der Waals surface area (Å²) in [5.74, 6) is -3.83. The SMILES string of the molecule is COC(=O)[C@@H](NC(=O)c1cnc(C(F)(F)F)nc1N1C[C@@H](c2ccccc2)C(c2ccc(Cl)cc2)=N1)c1ccccc1. The van der Waals surface area contributed by atoms with E-state index in [9.17, 15) is 22.8 Å². The quantitative estimate of drug-likeness (QED) is 0.272. The summed E-state index contributed by atoms with van der Waals surface area (Å²) in [5.41, 5.74) is 2.22. The molecule has 0 radical (unpaired) electrons. The van der Waals surface area contributed by atoms with Gasteiger partial charge in [0.15, 0.2) is 11.9 Å². The third-order valence-corrected chi connectivity index (χ3v) is 6.86. The van der Waals surface area contributed by atoms with E-state index in [-0.39, 0.29) is 23.8 Å². The number of carbonyl (C=O) groups is 2. The maximum absolute atomic E-state index is 13.7. The van der Waals surface area contributed by atoms with Crippen LogP contribution in [0.1, 0.15) is 44.8 Å². The number of rotatable bonds is 7. The Hall–Kier alpha value is -4.77. The average Bonchev–Trinajstić information content (AvgIpc) is 3.45. The van der Waals surface area contributed by atoms with E-state index in [0.29, 0.717) is 21.9 Å². The predicted octanol–water partition coefficient (Wildman–Crippen LogP) is 5.80. The molecule has 12 heteroatoms. The van der Waals surface area contributed by atoms with Crippen molar-refractivity contribution < 1.29 is 27.5 Å². The second kappa shape index (κ2) is 12.0. The normalized spacial score (nSPS) is 15.6. The van der Waals surface area contributed by atoms with Crippen molar-refractivity contribution in [2.45, 2.75) is 18.1 Å². The minimum atomic E-state index is -4.89. The van der Waals surface area contributed by atoms with Crippen molar-refractivity contribution in [3.63, 3.8) is 0 Å². The first kappa shape index (κ1) is 28.7. The van der Waals surface area contributed by atoms with Gasteiger partial charge < -0.3 is 10.1 Å². The molecule has 0 saturated heterocycles. The lowest BCUT2D eigenvalue weighted by Gasteiger charge is -2.21. The Balaban J connectivity index is 1.59. The number of aromatic nitrogens is 2. The van der Waals surface area contributed by atoms with Crippen LogP contribution in [-0.4, -0.2) is 41.2 Å². The molecule has 0 unspecified atom stereocenters. The molecule has 5 rings (SSSR count). The summed E-state index contributed by atoms with van der Waals surface area (Å²) < 4.78 is 46.1. The topological polar surface area (TPSA) is 96.8 Å². The minimum absolute atomic E-state index is 0.0790. The van der Waals surface area contributed by atoms with E-state index < -0.39 is 29.9 Å². The maximum atomic E-state index is 13.7. The van der Waals surface area contributed by atoms with Gasteiger partial charge in [-0.1, -0.05) is 84.4 Å². The largest absolute Gasteiger partial charge is 0.467 e. The zero-order valence-corrected chi connectivity index (χ0v) is 22.8. The number of nitrogens with zero attached hydrogens (tertiary/aromatic N) is 4. The zero-order valence-electron chi connectivity index (χ0n) is 22.0. The highest BCUT2D eigenvalue weighted by atomic mass is 35.5. The molecule has 1 aliphatic heterocycles. The molecule has 1 N–H and O–H groups in total. The third kappa shape index (κ3) is 6.10. The number of carbonyl (C=O) groups excluding carboxylic acids is 2. The van der Waals surface area contributed by atoms with Crippen LogP contribution in [0.15, 0.2) is 96.2 Å². The van der Waals surface area contributed by atoms with Crippen LogP contribution in [0.4, 0.5) is 19.0 Å². The number of nitrogens with one attached hydrogen (secondary N) is 1. The van der Waals surface area contributed by atoms with Crippen LogP contribution >= 0.6 is 11.6 Å². The second-order valence-corrected chi connectivity index (χ2v) is 9.74. The lowest BCUT2D eigenvalue weighted by molar-refractivity contribution is -0.145. The van der Waals surface area contributed by atoms with E-state index in [4.69, 9.17) is 16.3 Å². The Morgan fingerprint density at radius 2 is 1.64 bits per heavy atom. The van der Waals surface area contributed by atoms with Gasteiger partial charge in [-0.2, -0.15) is 18.3 Å². The third-order valence-electron chi connectivity index (χ3n) is 6.61. The van der Waals surface area contributed by atoms with Crippen LogP contribution in [0.5, 0.6) is 0 Å². The van der Waals surface area contributed by atoms with Gasteiger partial charge in [-0.3, -0.25) is 4.79 Å². The molecule has 1 aliphatic rings. The number of esters is 1. The van der Waals surface area contributed by atoms with E-state index >= 15 is 0 Å². The lowest BCUT2D eigenvalue weighted by atomic mass is 9.90. The highest BCUT2D eigenvalue weighted by molar-refractivity contribution is 6.30. The Bertz CT molecular complexity index is 1620. The van der Waals surface area contributed by atoms with Crippen LogP contribution in [0, 0.1) is 0 Å². The molecule has 0 fully saturated rings. The van der Waals surface area contributed by atoms with Crippen molar-refractivity contribution in [3.8, 4) is 0 Å². The molecular formula is C30H23ClF3N5O3. The van der Waals surface area contributed by atoms with Gasteiger partial charge in [0.2, 0.25) is 5.82 Å². The van der Waals surface area contributed by atoms with Gasteiger partial charge in [-0.15, -0.1) is 0 Å². The van der Waals surface area contributed by atoms with Gasteiger partial charge in [0.25, 0.3) is 5.91 Å². The average molecular weight is 594 g/mol. The number of halogens is 4. The Kier molecular flexibility index (Phi) is 8.21. The molecule has 0 aliphatic carbocycles. The molecule has 1 aromatic heterocycles. The summed E-state index contributed by atoms with van der Waals surface area (Å²) in [6.07, 6.45) is -4.10. The van der Waals surface area contributed by atoms with Crippen LogP contribution in [0.25, 0.3) is 0 Å². The van der Waals surface area contributed by atoms with Crippen LogP contribution in [0.2, 0.25) is 5.02 Å². The molecule has 0 spiro atoms. The van der Waals surface area contributed by atoms with Gasteiger partial charge in [-0.25, -0.2) is 19.8 Å². The van der Waals surface area contributed by atoms with Crippen molar-refractivity contribution in [1.29, 1.82) is 0 Å². The molecule has 1 amide bonds. The van der Waals surface area contributed by atoms with E-state index in [0.717, 1.165) is 18.9 Å². The van der Waals surface area contributed by atoms with Gasteiger partial charge in [-0.05, 0) is 28.8 Å². The monoisotopic (exact) mass is 593 g/mol. The summed E-state index contributed by atoms with van der Waals surface area (Å²) >= 11 is 6.08. The number of anilines is 1. The minimum Gasteiger partial charge on any atom is -0.467 e. The molecule has 214 valence electrons. The number of hydrogen-bond donors (Lipinski definition) is 1. The van der Waals surface area contributed by atoms with E-state index in [1.165, 1.54) is 5.01 Å². The fourth-order valence-corrected chi connectivity index (χ4v) is 4.70. The molecule has 8 nitrogen and oxygen atoms in total. The lowest BCUT2D eigenvalue weighted by Crippen LogP contribution is -2.36. The van der Waals surface area contributed by atoms with Gasteiger partial charge in [0.1, 0.15) is 5.56 Å².